The van der Waals surface area contributed by atoms with E-state index in [4.69, 9.17) is 23.2 Å². The number of halogens is 3. The van der Waals surface area contributed by atoms with E-state index >= 15 is 0 Å². The Bertz CT molecular complexity index is 527. The van der Waals surface area contributed by atoms with E-state index in [1.54, 1.807) is 6.07 Å². The van der Waals surface area contributed by atoms with Crippen LogP contribution in [0, 0.1) is 5.82 Å². The molecule has 0 fully saturated rings. The topological polar surface area (TPSA) is 12.0 Å². The molecule has 2 rings (SSSR count). The number of rotatable bonds is 3. The SMILES string of the molecule is CC(Nc1ccc(F)cc1Cl)c1csc(Cl)c1. The second kappa shape index (κ2) is 5.25. The number of nitrogens with one attached hydrogen (secondary N) is 1. The zero-order valence-corrected chi connectivity index (χ0v) is 11.3. The molecule has 0 aliphatic carbocycles. The van der Waals surface area contributed by atoms with Crippen LogP contribution in [0.15, 0.2) is 29.6 Å². The van der Waals surface area contributed by atoms with Crippen molar-refractivity contribution in [1.29, 1.82) is 0 Å². The minimum absolute atomic E-state index is 0.0710. The second-order valence-corrected chi connectivity index (χ2v) is 5.62. The van der Waals surface area contributed by atoms with Crippen molar-refractivity contribution in [3.05, 3.63) is 50.4 Å². The lowest BCUT2D eigenvalue weighted by Gasteiger charge is -2.15. The van der Waals surface area contributed by atoms with E-state index < -0.39 is 0 Å². The van der Waals surface area contributed by atoms with E-state index in [0.29, 0.717) is 10.7 Å². The van der Waals surface area contributed by atoms with Crippen molar-refractivity contribution in [3.8, 4) is 0 Å². The molecule has 2 aromatic rings. The van der Waals surface area contributed by atoms with E-state index in [2.05, 4.69) is 5.32 Å². The maximum absolute atomic E-state index is 12.9. The van der Waals surface area contributed by atoms with Crippen LogP contribution in [0.1, 0.15) is 18.5 Å². The van der Waals surface area contributed by atoms with Gasteiger partial charge in [-0.05, 0) is 42.1 Å². The first-order valence-electron chi connectivity index (χ1n) is 5.02. The van der Waals surface area contributed by atoms with Crippen molar-refractivity contribution >= 4 is 40.2 Å². The summed E-state index contributed by atoms with van der Waals surface area (Å²) in [7, 11) is 0. The predicted octanol–water partition coefficient (Wildman–Crippen LogP) is 5.37. The molecule has 0 spiro atoms. The molecule has 0 amide bonds. The van der Waals surface area contributed by atoms with Gasteiger partial charge in [-0.15, -0.1) is 11.3 Å². The molecule has 1 heterocycles. The van der Waals surface area contributed by atoms with Crippen LogP contribution < -0.4 is 5.32 Å². The first-order chi connectivity index (χ1) is 8.06. The second-order valence-electron chi connectivity index (χ2n) is 3.67. The Morgan fingerprint density at radius 2 is 2.06 bits per heavy atom. The molecule has 17 heavy (non-hydrogen) atoms. The highest BCUT2D eigenvalue weighted by Gasteiger charge is 2.09. The van der Waals surface area contributed by atoms with Gasteiger partial charge in [0.05, 0.1) is 15.0 Å². The van der Waals surface area contributed by atoms with Gasteiger partial charge in [0.15, 0.2) is 0 Å². The Kier molecular flexibility index (Phi) is 3.92. The molecule has 1 aromatic heterocycles. The maximum atomic E-state index is 12.9. The van der Waals surface area contributed by atoms with Crippen LogP contribution in [-0.4, -0.2) is 0 Å². The van der Waals surface area contributed by atoms with Crippen LogP contribution in [0.2, 0.25) is 9.36 Å². The molecule has 0 saturated carbocycles. The van der Waals surface area contributed by atoms with E-state index in [-0.39, 0.29) is 11.9 Å². The van der Waals surface area contributed by atoms with E-state index in [0.717, 1.165) is 9.90 Å². The quantitative estimate of drug-likeness (QED) is 0.801. The number of benzene rings is 1. The Hall–Kier alpha value is -0.770. The highest BCUT2D eigenvalue weighted by molar-refractivity contribution is 7.14. The van der Waals surface area contributed by atoms with Gasteiger partial charge in [-0.3, -0.25) is 0 Å². The van der Waals surface area contributed by atoms with Crippen molar-refractivity contribution in [2.75, 3.05) is 5.32 Å². The van der Waals surface area contributed by atoms with Crippen molar-refractivity contribution in [2.24, 2.45) is 0 Å². The van der Waals surface area contributed by atoms with Crippen LogP contribution in [-0.2, 0) is 0 Å². The molecule has 0 aliphatic rings. The molecular weight excluding hydrogens is 280 g/mol. The van der Waals surface area contributed by atoms with Crippen LogP contribution >= 0.6 is 34.5 Å². The molecular formula is C12H10Cl2FNS. The van der Waals surface area contributed by atoms with Crippen LogP contribution in [0.3, 0.4) is 0 Å². The monoisotopic (exact) mass is 289 g/mol. The summed E-state index contributed by atoms with van der Waals surface area (Å²) in [6.07, 6.45) is 0. The normalized spacial score (nSPS) is 12.5. The Morgan fingerprint density at radius 3 is 2.65 bits per heavy atom. The largest absolute Gasteiger partial charge is 0.377 e. The van der Waals surface area contributed by atoms with Crippen molar-refractivity contribution in [3.63, 3.8) is 0 Å². The molecule has 0 aliphatic heterocycles. The van der Waals surface area contributed by atoms with Crippen molar-refractivity contribution in [2.45, 2.75) is 13.0 Å². The van der Waals surface area contributed by atoms with Crippen LogP contribution in [0.4, 0.5) is 10.1 Å². The number of anilines is 1. The summed E-state index contributed by atoms with van der Waals surface area (Å²) in [6.45, 7) is 2.00. The minimum Gasteiger partial charge on any atom is -0.377 e. The summed E-state index contributed by atoms with van der Waals surface area (Å²) in [4.78, 5) is 0. The van der Waals surface area contributed by atoms with Gasteiger partial charge in [0, 0.05) is 6.04 Å². The smallest absolute Gasteiger partial charge is 0.124 e. The number of thiophene rings is 1. The molecule has 0 bridgehead atoms. The fourth-order valence-electron chi connectivity index (χ4n) is 1.47. The first kappa shape index (κ1) is 12.7. The van der Waals surface area contributed by atoms with Crippen LogP contribution in [0.25, 0.3) is 0 Å². The Labute approximate surface area is 113 Å². The van der Waals surface area contributed by atoms with E-state index in [1.807, 2.05) is 18.4 Å². The van der Waals surface area contributed by atoms with Crippen molar-refractivity contribution in [1.82, 2.24) is 0 Å². The molecule has 1 N–H and O–H groups in total. The third kappa shape index (κ3) is 3.12. The van der Waals surface area contributed by atoms with Gasteiger partial charge in [0.2, 0.25) is 0 Å². The lowest BCUT2D eigenvalue weighted by molar-refractivity contribution is 0.628. The minimum atomic E-state index is -0.341. The zero-order chi connectivity index (χ0) is 12.4. The van der Waals surface area contributed by atoms with Gasteiger partial charge in [-0.1, -0.05) is 23.2 Å². The molecule has 1 unspecified atom stereocenters. The molecule has 1 aromatic carbocycles. The lowest BCUT2D eigenvalue weighted by Crippen LogP contribution is -2.05. The Balaban J connectivity index is 2.15. The van der Waals surface area contributed by atoms with Gasteiger partial charge in [0.25, 0.3) is 0 Å². The molecule has 1 atom stereocenters. The average molecular weight is 290 g/mol. The maximum Gasteiger partial charge on any atom is 0.124 e. The third-order valence-corrected chi connectivity index (χ3v) is 3.81. The van der Waals surface area contributed by atoms with Crippen molar-refractivity contribution < 1.29 is 4.39 Å². The fraction of sp³-hybridized carbons (Fsp3) is 0.167. The summed E-state index contributed by atoms with van der Waals surface area (Å²) in [5, 5.41) is 5.57. The predicted molar refractivity (Wildman–Crippen MR) is 72.8 cm³/mol. The summed E-state index contributed by atoms with van der Waals surface area (Å²) in [5.74, 6) is -0.341. The highest BCUT2D eigenvalue weighted by Crippen LogP contribution is 2.30. The Morgan fingerprint density at radius 1 is 1.29 bits per heavy atom. The summed E-state index contributed by atoms with van der Waals surface area (Å²) in [6, 6.07) is 6.27. The standard InChI is InChI=1S/C12H10Cl2FNS/c1-7(8-4-12(14)17-6-8)16-11-3-2-9(15)5-10(11)13/h2-7,16H,1H3. The fourth-order valence-corrected chi connectivity index (χ4v) is 2.68. The third-order valence-electron chi connectivity index (χ3n) is 2.39. The van der Waals surface area contributed by atoms with Crippen LogP contribution in [0.5, 0.6) is 0 Å². The molecule has 1 nitrogen and oxygen atoms in total. The lowest BCUT2D eigenvalue weighted by atomic mass is 10.1. The van der Waals surface area contributed by atoms with Gasteiger partial charge in [-0.25, -0.2) is 4.39 Å². The summed E-state index contributed by atoms with van der Waals surface area (Å²) >= 11 is 13.3. The molecule has 0 radical (unpaired) electrons. The number of hydrogen-bond acceptors (Lipinski definition) is 2. The van der Waals surface area contributed by atoms with Gasteiger partial charge >= 0.3 is 0 Å². The molecule has 90 valence electrons. The molecule has 0 saturated heterocycles. The van der Waals surface area contributed by atoms with Gasteiger partial charge in [-0.2, -0.15) is 0 Å². The summed E-state index contributed by atoms with van der Waals surface area (Å²) in [5.41, 5.74) is 1.79. The zero-order valence-electron chi connectivity index (χ0n) is 9.01. The highest BCUT2D eigenvalue weighted by atomic mass is 35.5. The van der Waals surface area contributed by atoms with E-state index in [9.17, 15) is 4.39 Å². The molecule has 5 heteroatoms. The van der Waals surface area contributed by atoms with E-state index in [1.165, 1.54) is 23.5 Å². The number of hydrogen-bond donors (Lipinski definition) is 1. The van der Waals surface area contributed by atoms with Gasteiger partial charge < -0.3 is 5.32 Å². The average Bonchev–Trinajstić information content (AvgIpc) is 2.69. The first-order valence-corrected chi connectivity index (χ1v) is 6.65. The summed E-state index contributed by atoms with van der Waals surface area (Å²) < 4.78 is 13.6. The van der Waals surface area contributed by atoms with Gasteiger partial charge in [0.1, 0.15) is 5.82 Å².